The summed E-state index contributed by atoms with van der Waals surface area (Å²) in [6, 6.07) is 0.738. The van der Waals surface area contributed by atoms with Crippen molar-refractivity contribution in [3.8, 4) is 0 Å². The summed E-state index contributed by atoms with van der Waals surface area (Å²) in [7, 11) is -6.00. The van der Waals surface area contributed by atoms with Crippen molar-refractivity contribution in [3.63, 3.8) is 0 Å². The van der Waals surface area contributed by atoms with Crippen LogP contribution in [0, 0.1) is 5.92 Å². The average Bonchev–Trinajstić information content (AvgIpc) is 2.38. The Morgan fingerprint density at radius 2 is 1.76 bits per heavy atom. The Morgan fingerprint density at radius 1 is 1.19 bits per heavy atom. The molecular formula is C15H30BF4N. The molecule has 0 aliphatic heterocycles. The normalized spacial score (nSPS) is 23.1. The van der Waals surface area contributed by atoms with Gasteiger partial charge in [0.1, 0.15) is 12.6 Å². The quantitative estimate of drug-likeness (QED) is 0.356. The largest absolute Gasteiger partial charge is 0.673 e. The van der Waals surface area contributed by atoms with E-state index in [4.69, 9.17) is 0 Å². The fourth-order valence-corrected chi connectivity index (χ4v) is 2.79. The van der Waals surface area contributed by atoms with E-state index < -0.39 is 7.25 Å². The van der Waals surface area contributed by atoms with Crippen LogP contribution in [0.5, 0.6) is 0 Å². The second-order valence-corrected chi connectivity index (χ2v) is 5.94. The van der Waals surface area contributed by atoms with Crippen molar-refractivity contribution in [3.05, 3.63) is 0 Å². The molecule has 0 aromatic carbocycles. The third-order valence-corrected chi connectivity index (χ3v) is 4.13. The second kappa shape index (κ2) is 10.2. The molecule has 2 atom stereocenters. The zero-order valence-corrected chi connectivity index (χ0v) is 13.8. The van der Waals surface area contributed by atoms with E-state index in [9.17, 15) is 17.3 Å². The van der Waals surface area contributed by atoms with E-state index >= 15 is 0 Å². The Kier molecular flexibility index (Phi) is 9.96. The monoisotopic (exact) mass is 311 g/mol. The molecule has 1 saturated carbocycles. The molecule has 0 aromatic rings. The van der Waals surface area contributed by atoms with E-state index in [2.05, 4.69) is 32.3 Å². The summed E-state index contributed by atoms with van der Waals surface area (Å²) in [5, 5.41) is 0. The molecule has 0 saturated heterocycles. The first-order valence-electron chi connectivity index (χ1n) is 8.20. The van der Waals surface area contributed by atoms with Crippen molar-refractivity contribution in [1.82, 2.24) is 0 Å². The van der Waals surface area contributed by atoms with Crippen molar-refractivity contribution in [2.75, 3.05) is 6.54 Å². The van der Waals surface area contributed by atoms with Gasteiger partial charge in [0, 0.05) is 25.2 Å². The van der Waals surface area contributed by atoms with E-state index in [1.54, 1.807) is 5.71 Å². The highest BCUT2D eigenvalue weighted by molar-refractivity contribution is 6.50. The van der Waals surface area contributed by atoms with Crippen LogP contribution in [0.4, 0.5) is 17.3 Å². The molecule has 126 valence electrons. The predicted octanol–water partition coefficient (Wildman–Crippen LogP) is 5.55. The van der Waals surface area contributed by atoms with Crippen LogP contribution in [0.15, 0.2) is 0 Å². The molecule has 1 nitrogen and oxygen atoms in total. The summed E-state index contributed by atoms with van der Waals surface area (Å²) < 4.78 is 41.7. The van der Waals surface area contributed by atoms with E-state index in [0.29, 0.717) is 0 Å². The van der Waals surface area contributed by atoms with Crippen LogP contribution in [0.25, 0.3) is 0 Å². The van der Waals surface area contributed by atoms with Gasteiger partial charge in [-0.2, -0.15) is 0 Å². The summed E-state index contributed by atoms with van der Waals surface area (Å²) in [5.41, 5.74) is 1.76. The minimum atomic E-state index is -6.00. The first-order valence-corrected chi connectivity index (χ1v) is 8.20. The fraction of sp³-hybridized carbons (Fsp3) is 0.933. The zero-order valence-electron chi connectivity index (χ0n) is 13.8. The molecule has 0 spiro atoms. The van der Waals surface area contributed by atoms with Crippen LogP contribution in [0.3, 0.4) is 0 Å². The van der Waals surface area contributed by atoms with Crippen molar-refractivity contribution < 1.29 is 21.8 Å². The lowest BCUT2D eigenvalue weighted by atomic mass is 9.88. The fourth-order valence-electron chi connectivity index (χ4n) is 2.79. The van der Waals surface area contributed by atoms with E-state index in [1.807, 2.05) is 0 Å². The van der Waals surface area contributed by atoms with Gasteiger partial charge in [-0.25, -0.2) is 4.58 Å². The van der Waals surface area contributed by atoms with Gasteiger partial charge in [0.2, 0.25) is 0 Å². The predicted molar refractivity (Wildman–Crippen MR) is 82.6 cm³/mol. The highest BCUT2D eigenvalue weighted by Crippen LogP contribution is 2.22. The molecule has 0 bridgehead atoms. The molecule has 0 aromatic heterocycles. The van der Waals surface area contributed by atoms with Gasteiger partial charge in [0.05, 0.1) is 0 Å². The first kappa shape index (κ1) is 20.5. The molecule has 6 heteroatoms. The minimum absolute atomic E-state index is 0.738. The van der Waals surface area contributed by atoms with E-state index in [1.165, 1.54) is 51.5 Å². The molecule has 0 heterocycles. The van der Waals surface area contributed by atoms with Crippen LogP contribution in [-0.4, -0.2) is 30.1 Å². The van der Waals surface area contributed by atoms with Gasteiger partial charge < -0.3 is 17.3 Å². The summed E-state index contributed by atoms with van der Waals surface area (Å²) in [6.45, 7) is 10.7. The molecule has 1 aliphatic rings. The van der Waals surface area contributed by atoms with Crippen LogP contribution in [-0.2, 0) is 0 Å². The SMILES string of the molecule is CCCC[N+](=C1CCCCC1C)C(C)CC.F[B-](F)(F)F. The highest BCUT2D eigenvalue weighted by atomic mass is 19.5. The van der Waals surface area contributed by atoms with Gasteiger partial charge in [-0.05, 0) is 19.8 Å². The van der Waals surface area contributed by atoms with Crippen LogP contribution >= 0.6 is 0 Å². The van der Waals surface area contributed by atoms with Crippen LogP contribution in [0.2, 0.25) is 0 Å². The molecule has 1 aliphatic carbocycles. The van der Waals surface area contributed by atoms with Gasteiger partial charge in [0.15, 0.2) is 5.71 Å². The molecule has 0 N–H and O–H groups in total. The molecule has 2 unspecified atom stereocenters. The van der Waals surface area contributed by atoms with Gasteiger partial charge in [-0.15, -0.1) is 0 Å². The van der Waals surface area contributed by atoms with E-state index in [0.717, 1.165) is 12.0 Å². The summed E-state index contributed by atoms with van der Waals surface area (Å²) in [4.78, 5) is 0. The van der Waals surface area contributed by atoms with Crippen molar-refractivity contribution >= 4 is 13.0 Å². The Morgan fingerprint density at radius 3 is 2.19 bits per heavy atom. The topological polar surface area (TPSA) is 3.01 Å². The highest BCUT2D eigenvalue weighted by Gasteiger charge is 2.27. The third-order valence-electron chi connectivity index (χ3n) is 4.13. The molecule has 21 heavy (non-hydrogen) atoms. The minimum Gasteiger partial charge on any atom is -0.418 e. The maximum atomic E-state index is 9.75. The number of halogens is 4. The van der Waals surface area contributed by atoms with Crippen molar-refractivity contribution in [2.45, 2.75) is 78.7 Å². The molecule has 1 rings (SSSR count). The van der Waals surface area contributed by atoms with Crippen LogP contribution < -0.4 is 0 Å². The maximum absolute atomic E-state index is 9.75. The van der Waals surface area contributed by atoms with Crippen LogP contribution in [0.1, 0.15) is 72.6 Å². The van der Waals surface area contributed by atoms with Gasteiger partial charge in [0.25, 0.3) is 0 Å². The molecule has 0 radical (unpaired) electrons. The lowest BCUT2D eigenvalue weighted by Gasteiger charge is -2.23. The Labute approximate surface area is 126 Å². The number of hydrogen-bond donors (Lipinski definition) is 0. The maximum Gasteiger partial charge on any atom is 0.673 e. The van der Waals surface area contributed by atoms with Crippen molar-refractivity contribution in [1.29, 1.82) is 0 Å². The summed E-state index contributed by atoms with van der Waals surface area (Å²) >= 11 is 0. The molecule has 1 fully saturated rings. The summed E-state index contributed by atoms with van der Waals surface area (Å²) in [5.74, 6) is 0.833. The van der Waals surface area contributed by atoms with E-state index in [-0.39, 0.29) is 0 Å². The molecule has 0 amide bonds. The number of rotatable bonds is 5. The molecular weight excluding hydrogens is 281 g/mol. The second-order valence-electron chi connectivity index (χ2n) is 5.94. The Balaban J connectivity index is 0.000000690. The lowest BCUT2D eigenvalue weighted by molar-refractivity contribution is -0.566. The Bertz CT molecular complexity index is 309. The number of unbranched alkanes of at least 4 members (excludes halogenated alkanes) is 1. The van der Waals surface area contributed by atoms with Crippen molar-refractivity contribution in [2.24, 2.45) is 5.92 Å². The third kappa shape index (κ3) is 9.91. The number of hydrogen-bond acceptors (Lipinski definition) is 0. The van der Waals surface area contributed by atoms with Gasteiger partial charge in [-0.1, -0.05) is 33.6 Å². The lowest BCUT2D eigenvalue weighted by Crippen LogP contribution is -2.35. The standard InChI is InChI=1S/C15H30N.BF4/c1-5-7-12-16(14(4)6-2)15-11-9-8-10-13(15)3;2-1(3,4)5/h13-14H,5-12H2,1-4H3;/q+1;-1. The zero-order chi connectivity index (χ0) is 16.5. The average molecular weight is 311 g/mol. The Hall–Kier alpha value is -0.545. The number of nitrogens with zero attached hydrogens (tertiary/aromatic N) is 1. The summed E-state index contributed by atoms with van der Waals surface area (Å²) in [6.07, 6.45) is 9.56. The smallest absolute Gasteiger partial charge is 0.418 e. The van der Waals surface area contributed by atoms with Gasteiger partial charge in [-0.3, -0.25) is 0 Å². The first-order chi connectivity index (χ1) is 9.70. The van der Waals surface area contributed by atoms with Gasteiger partial charge >= 0.3 is 7.25 Å².